The molecule has 0 radical (unpaired) electrons. The summed E-state index contributed by atoms with van der Waals surface area (Å²) in [7, 11) is 0. The van der Waals surface area contributed by atoms with E-state index in [0.717, 1.165) is 42.8 Å². The largest absolute Gasteiger partial charge is 0.492 e. The number of ether oxygens (including phenoxy) is 2. The van der Waals surface area contributed by atoms with Crippen molar-refractivity contribution >= 4 is 23.7 Å². The van der Waals surface area contributed by atoms with Crippen molar-refractivity contribution in [1.29, 1.82) is 0 Å². The SMILES string of the molecule is CC(C)(C)OC(=O)CCN1CCC2(CC1)COc1c2ccc2c1CN([C@H]1CCC(=O)NC1=O)C2=O. The average Bonchev–Trinajstić information content (AvgIpc) is 3.31. The first-order valence-corrected chi connectivity index (χ1v) is 12.4. The van der Waals surface area contributed by atoms with Gasteiger partial charge in [0.25, 0.3) is 5.91 Å². The molecule has 4 aliphatic heterocycles. The predicted octanol–water partition coefficient (Wildman–Crippen LogP) is 1.91. The van der Waals surface area contributed by atoms with E-state index < -0.39 is 17.6 Å². The van der Waals surface area contributed by atoms with E-state index in [1.54, 1.807) is 4.90 Å². The Morgan fingerprint density at radius 1 is 1.20 bits per heavy atom. The Balaban J connectivity index is 1.25. The van der Waals surface area contributed by atoms with Gasteiger partial charge in [-0.1, -0.05) is 6.07 Å². The lowest BCUT2D eigenvalue weighted by atomic mass is 9.74. The molecule has 35 heavy (non-hydrogen) atoms. The van der Waals surface area contributed by atoms with Gasteiger partial charge in [0.1, 0.15) is 17.4 Å². The second kappa shape index (κ2) is 8.62. The summed E-state index contributed by atoms with van der Waals surface area (Å²) in [6, 6.07) is 3.25. The topological polar surface area (TPSA) is 105 Å². The number of esters is 1. The third-order valence-corrected chi connectivity index (χ3v) is 7.60. The van der Waals surface area contributed by atoms with E-state index in [4.69, 9.17) is 9.47 Å². The Kier molecular flexibility index (Phi) is 5.86. The second-order valence-corrected chi connectivity index (χ2v) is 11.1. The van der Waals surface area contributed by atoms with Crippen LogP contribution < -0.4 is 10.1 Å². The smallest absolute Gasteiger partial charge is 0.307 e. The number of carbonyl (C=O) groups is 4. The third kappa shape index (κ3) is 4.42. The van der Waals surface area contributed by atoms with Gasteiger partial charge in [-0.2, -0.15) is 0 Å². The maximum atomic E-state index is 13.1. The van der Waals surface area contributed by atoms with Crippen LogP contribution >= 0.6 is 0 Å². The summed E-state index contributed by atoms with van der Waals surface area (Å²) in [6.45, 7) is 8.93. The zero-order chi connectivity index (χ0) is 25.0. The number of imide groups is 1. The van der Waals surface area contributed by atoms with Gasteiger partial charge in [-0.15, -0.1) is 0 Å². The minimum atomic E-state index is -0.633. The summed E-state index contributed by atoms with van der Waals surface area (Å²) in [5.41, 5.74) is 2.00. The zero-order valence-corrected chi connectivity index (χ0v) is 20.6. The molecule has 0 aliphatic carbocycles. The molecule has 4 aliphatic rings. The van der Waals surface area contributed by atoms with E-state index in [1.807, 2.05) is 32.9 Å². The highest BCUT2D eigenvalue weighted by Crippen LogP contribution is 2.49. The minimum absolute atomic E-state index is 0.0993. The van der Waals surface area contributed by atoms with Gasteiger partial charge in [0.15, 0.2) is 0 Å². The predicted molar refractivity (Wildman–Crippen MR) is 126 cm³/mol. The number of carbonyl (C=O) groups excluding carboxylic acids is 4. The zero-order valence-electron chi connectivity index (χ0n) is 20.6. The summed E-state index contributed by atoms with van der Waals surface area (Å²) in [4.78, 5) is 53.0. The van der Waals surface area contributed by atoms with Crippen LogP contribution in [-0.4, -0.2) is 71.4 Å². The van der Waals surface area contributed by atoms with Crippen LogP contribution in [0.3, 0.4) is 0 Å². The highest BCUT2D eigenvalue weighted by atomic mass is 16.6. The highest BCUT2D eigenvalue weighted by Gasteiger charge is 2.47. The molecular formula is C26H33N3O6. The molecule has 5 rings (SSSR count). The highest BCUT2D eigenvalue weighted by molar-refractivity contribution is 6.05. The van der Waals surface area contributed by atoms with Crippen molar-refractivity contribution in [2.75, 3.05) is 26.2 Å². The van der Waals surface area contributed by atoms with Gasteiger partial charge in [0.2, 0.25) is 11.8 Å². The molecule has 3 amide bonds. The number of hydrogen-bond donors (Lipinski definition) is 1. The van der Waals surface area contributed by atoms with Gasteiger partial charge < -0.3 is 19.3 Å². The third-order valence-electron chi connectivity index (χ3n) is 7.60. The van der Waals surface area contributed by atoms with Crippen LogP contribution in [0, 0.1) is 0 Å². The minimum Gasteiger partial charge on any atom is -0.492 e. The summed E-state index contributed by atoms with van der Waals surface area (Å²) in [6.07, 6.45) is 2.79. The van der Waals surface area contributed by atoms with Crippen LogP contribution in [-0.2, 0) is 31.1 Å². The standard InChI is InChI=1S/C26H33N3O6/c1-25(2,3)35-21(31)8-11-28-12-9-26(10-13-28)15-34-22-17-14-29(19-6-7-20(30)27-23(19)32)24(33)16(17)4-5-18(22)26/h4-5,19H,6-15H2,1-3H3,(H,27,30,32)/t19-/m0/s1. The number of likely N-dealkylation sites (tertiary alicyclic amines) is 1. The fraction of sp³-hybridized carbons (Fsp3) is 0.615. The quantitative estimate of drug-likeness (QED) is 0.515. The molecular weight excluding hydrogens is 450 g/mol. The van der Waals surface area contributed by atoms with Gasteiger partial charge in [-0.3, -0.25) is 24.5 Å². The number of nitrogens with zero attached hydrogens (tertiary/aromatic N) is 2. The molecule has 0 aromatic heterocycles. The number of amides is 3. The van der Waals surface area contributed by atoms with Crippen LogP contribution in [0.4, 0.5) is 0 Å². The molecule has 2 saturated heterocycles. The molecule has 0 unspecified atom stereocenters. The number of nitrogens with one attached hydrogen (secondary N) is 1. The van der Waals surface area contributed by atoms with Crippen molar-refractivity contribution in [3.63, 3.8) is 0 Å². The van der Waals surface area contributed by atoms with E-state index in [9.17, 15) is 19.2 Å². The lowest BCUT2D eigenvalue weighted by molar-refractivity contribution is -0.155. The maximum Gasteiger partial charge on any atom is 0.307 e. The molecule has 188 valence electrons. The first-order chi connectivity index (χ1) is 16.6. The van der Waals surface area contributed by atoms with Crippen molar-refractivity contribution < 1.29 is 28.7 Å². The van der Waals surface area contributed by atoms with Gasteiger partial charge >= 0.3 is 5.97 Å². The number of hydrogen-bond acceptors (Lipinski definition) is 7. The van der Waals surface area contributed by atoms with Crippen LogP contribution in [0.2, 0.25) is 0 Å². The monoisotopic (exact) mass is 483 g/mol. The van der Waals surface area contributed by atoms with E-state index in [2.05, 4.69) is 10.2 Å². The first-order valence-electron chi connectivity index (χ1n) is 12.4. The van der Waals surface area contributed by atoms with E-state index in [1.165, 1.54) is 0 Å². The molecule has 0 saturated carbocycles. The summed E-state index contributed by atoms with van der Waals surface area (Å²) in [5, 5.41) is 2.35. The molecule has 1 N–H and O–H groups in total. The molecule has 9 heteroatoms. The van der Waals surface area contributed by atoms with Gasteiger partial charge in [0, 0.05) is 35.1 Å². The van der Waals surface area contributed by atoms with Crippen molar-refractivity contribution in [2.45, 2.75) is 76.5 Å². The summed E-state index contributed by atoms with van der Waals surface area (Å²) in [5.74, 6) is -0.269. The van der Waals surface area contributed by atoms with Crippen molar-refractivity contribution in [1.82, 2.24) is 15.1 Å². The second-order valence-electron chi connectivity index (χ2n) is 11.1. The molecule has 1 aromatic carbocycles. The molecule has 4 heterocycles. The average molecular weight is 484 g/mol. The Morgan fingerprint density at radius 2 is 1.94 bits per heavy atom. The molecule has 2 fully saturated rings. The van der Waals surface area contributed by atoms with Crippen molar-refractivity contribution in [3.8, 4) is 5.75 Å². The fourth-order valence-corrected chi connectivity index (χ4v) is 5.74. The number of rotatable bonds is 4. The summed E-state index contributed by atoms with van der Waals surface area (Å²) >= 11 is 0. The molecule has 1 aromatic rings. The van der Waals surface area contributed by atoms with E-state index in [-0.39, 0.29) is 29.6 Å². The van der Waals surface area contributed by atoms with E-state index in [0.29, 0.717) is 38.1 Å². The van der Waals surface area contributed by atoms with Gasteiger partial charge in [-0.05, 0) is 59.2 Å². The number of piperidine rings is 2. The molecule has 1 spiro atoms. The molecule has 0 bridgehead atoms. The Morgan fingerprint density at radius 3 is 2.63 bits per heavy atom. The Bertz CT molecular complexity index is 1080. The van der Waals surface area contributed by atoms with E-state index >= 15 is 0 Å². The lowest BCUT2D eigenvalue weighted by Gasteiger charge is -2.38. The van der Waals surface area contributed by atoms with Crippen LogP contribution in [0.1, 0.15) is 74.4 Å². The lowest BCUT2D eigenvalue weighted by Crippen LogP contribution is -2.52. The van der Waals surface area contributed by atoms with Gasteiger partial charge in [-0.25, -0.2) is 0 Å². The summed E-state index contributed by atoms with van der Waals surface area (Å²) < 4.78 is 11.7. The fourth-order valence-electron chi connectivity index (χ4n) is 5.74. The van der Waals surface area contributed by atoms with Crippen LogP contribution in [0.25, 0.3) is 0 Å². The Labute approximate surface area is 205 Å². The molecule has 1 atom stereocenters. The van der Waals surface area contributed by atoms with Crippen molar-refractivity contribution in [2.24, 2.45) is 0 Å². The van der Waals surface area contributed by atoms with Crippen molar-refractivity contribution in [3.05, 3.63) is 28.8 Å². The Hall–Kier alpha value is -2.94. The number of benzene rings is 1. The van der Waals surface area contributed by atoms with Crippen LogP contribution in [0.5, 0.6) is 5.75 Å². The van der Waals surface area contributed by atoms with Crippen LogP contribution in [0.15, 0.2) is 12.1 Å². The maximum absolute atomic E-state index is 13.1. The number of fused-ring (bicyclic) bond motifs is 4. The normalized spacial score (nSPS) is 23.7. The first kappa shape index (κ1) is 23.8. The van der Waals surface area contributed by atoms with Gasteiger partial charge in [0.05, 0.1) is 19.6 Å². The molecule has 9 nitrogen and oxygen atoms in total.